The highest BCUT2D eigenvalue weighted by atomic mass is 16.5. The van der Waals surface area contributed by atoms with Gasteiger partial charge in [0.1, 0.15) is 0 Å². The van der Waals surface area contributed by atoms with Gasteiger partial charge in [-0.3, -0.25) is 4.90 Å². The van der Waals surface area contributed by atoms with Crippen LogP contribution in [0.2, 0.25) is 0 Å². The molecule has 1 aliphatic heterocycles. The molecule has 0 bridgehead atoms. The maximum atomic E-state index is 5.01. The minimum atomic E-state index is 0.417. The van der Waals surface area contributed by atoms with Crippen LogP contribution in [-0.4, -0.2) is 59.4 Å². The van der Waals surface area contributed by atoms with E-state index in [0.29, 0.717) is 11.9 Å². The number of hydrogen-bond acceptors (Lipinski definition) is 7. The average molecular weight is 342 g/mol. The Morgan fingerprint density at radius 1 is 1.20 bits per heavy atom. The maximum absolute atomic E-state index is 5.01. The Kier molecular flexibility index (Phi) is 5.75. The molecule has 2 aromatic heterocycles. The molecule has 1 aliphatic rings. The molecule has 1 atom stereocenters. The number of aromatic nitrogens is 4. The van der Waals surface area contributed by atoms with Gasteiger partial charge < -0.3 is 9.64 Å². The second-order valence-corrected chi connectivity index (χ2v) is 6.80. The maximum Gasteiger partial charge on any atom is 0.316 e. The van der Waals surface area contributed by atoms with E-state index in [9.17, 15) is 0 Å². The topological polar surface area (TPSA) is 67.3 Å². The molecule has 3 rings (SSSR count). The van der Waals surface area contributed by atoms with Crippen LogP contribution in [0, 0.1) is 5.92 Å². The van der Waals surface area contributed by atoms with Crippen molar-refractivity contribution in [3.8, 4) is 6.01 Å². The van der Waals surface area contributed by atoms with E-state index in [2.05, 4.69) is 31.1 Å². The molecule has 0 N–H and O–H groups in total. The van der Waals surface area contributed by atoms with Gasteiger partial charge in [0.2, 0.25) is 0 Å². The zero-order valence-corrected chi connectivity index (χ0v) is 15.2. The summed E-state index contributed by atoms with van der Waals surface area (Å²) in [6.07, 6.45) is 7.13. The minimum absolute atomic E-state index is 0.417. The predicted molar refractivity (Wildman–Crippen MR) is 96.6 cm³/mol. The molecule has 2 aromatic rings. The summed E-state index contributed by atoms with van der Waals surface area (Å²) in [4.78, 5) is 12.8. The van der Waals surface area contributed by atoms with Crippen molar-refractivity contribution in [1.29, 1.82) is 0 Å². The number of methoxy groups -OCH3 is 1. The molecule has 25 heavy (non-hydrogen) atoms. The molecule has 3 heterocycles. The first kappa shape index (κ1) is 17.5. The summed E-state index contributed by atoms with van der Waals surface area (Å²) in [7, 11) is 5.54. The Hall–Kier alpha value is -2.28. The number of likely N-dealkylation sites (tertiary alicyclic amines) is 1. The SMILES string of the molecule is COc1ncc(CN2CCC[C@H](Cc3ccc(N(C)C)nn3)C2)cn1. The monoisotopic (exact) mass is 342 g/mol. The van der Waals surface area contributed by atoms with Crippen molar-refractivity contribution in [1.82, 2.24) is 25.1 Å². The van der Waals surface area contributed by atoms with Crippen LogP contribution < -0.4 is 9.64 Å². The summed E-state index contributed by atoms with van der Waals surface area (Å²) < 4.78 is 5.01. The molecule has 0 unspecified atom stereocenters. The molecule has 0 saturated carbocycles. The molecule has 7 nitrogen and oxygen atoms in total. The third kappa shape index (κ3) is 4.85. The number of rotatable bonds is 6. The van der Waals surface area contributed by atoms with E-state index >= 15 is 0 Å². The smallest absolute Gasteiger partial charge is 0.316 e. The lowest BCUT2D eigenvalue weighted by molar-refractivity contribution is 0.166. The van der Waals surface area contributed by atoms with Gasteiger partial charge in [-0.25, -0.2) is 9.97 Å². The van der Waals surface area contributed by atoms with Crippen molar-refractivity contribution >= 4 is 5.82 Å². The first-order valence-electron chi connectivity index (χ1n) is 8.71. The second kappa shape index (κ2) is 8.20. The van der Waals surface area contributed by atoms with Crippen LogP contribution in [0.4, 0.5) is 5.82 Å². The molecule has 0 aromatic carbocycles. The summed E-state index contributed by atoms with van der Waals surface area (Å²) >= 11 is 0. The van der Waals surface area contributed by atoms with Gasteiger partial charge in [-0.1, -0.05) is 0 Å². The lowest BCUT2D eigenvalue weighted by Crippen LogP contribution is -2.36. The standard InChI is InChI=1S/C18H26N6O/c1-23(2)17-7-6-16(21-22-17)9-14-5-4-8-24(12-14)13-15-10-19-18(25-3)20-11-15/h6-7,10-11,14H,4-5,8-9,12-13H2,1-3H3/t14-/m1/s1. The lowest BCUT2D eigenvalue weighted by atomic mass is 9.93. The fourth-order valence-electron chi connectivity index (χ4n) is 3.25. The lowest BCUT2D eigenvalue weighted by Gasteiger charge is -2.32. The quantitative estimate of drug-likeness (QED) is 0.793. The normalized spacial score (nSPS) is 18.1. The van der Waals surface area contributed by atoms with Crippen LogP contribution in [0.1, 0.15) is 24.1 Å². The highest BCUT2D eigenvalue weighted by Crippen LogP contribution is 2.22. The number of nitrogens with zero attached hydrogens (tertiary/aromatic N) is 6. The van der Waals surface area contributed by atoms with Gasteiger partial charge in [0.05, 0.1) is 12.8 Å². The fourth-order valence-corrected chi connectivity index (χ4v) is 3.25. The number of hydrogen-bond donors (Lipinski definition) is 0. The molecule has 7 heteroatoms. The highest BCUT2D eigenvalue weighted by Gasteiger charge is 2.21. The molecule has 0 amide bonds. The average Bonchev–Trinajstić information content (AvgIpc) is 2.63. The Labute approximate surface area is 149 Å². The van der Waals surface area contributed by atoms with E-state index in [1.54, 1.807) is 7.11 Å². The Bertz CT molecular complexity index is 658. The van der Waals surface area contributed by atoms with Crippen molar-refractivity contribution in [3.05, 3.63) is 35.8 Å². The molecule has 134 valence electrons. The largest absolute Gasteiger partial charge is 0.467 e. The van der Waals surface area contributed by atoms with Crippen LogP contribution in [0.15, 0.2) is 24.5 Å². The predicted octanol–water partition coefficient (Wildman–Crippen LogP) is 1.80. The van der Waals surface area contributed by atoms with Crippen molar-refractivity contribution in [2.45, 2.75) is 25.8 Å². The summed E-state index contributed by atoms with van der Waals surface area (Å²) in [5.74, 6) is 1.51. The van der Waals surface area contributed by atoms with Gasteiger partial charge in [0.25, 0.3) is 0 Å². The molecule has 0 spiro atoms. The zero-order valence-electron chi connectivity index (χ0n) is 15.2. The Morgan fingerprint density at radius 2 is 2.00 bits per heavy atom. The van der Waals surface area contributed by atoms with Crippen molar-refractivity contribution < 1.29 is 4.74 Å². The van der Waals surface area contributed by atoms with Gasteiger partial charge >= 0.3 is 6.01 Å². The number of piperidine rings is 1. The van der Waals surface area contributed by atoms with E-state index < -0.39 is 0 Å². The Morgan fingerprint density at radius 3 is 2.64 bits per heavy atom. The molecule has 1 fully saturated rings. The van der Waals surface area contributed by atoms with Crippen LogP contribution in [0.25, 0.3) is 0 Å². The van der Waals surface area contributed by atoms with Crippen LogP contribution in [0.3, 0.4) is 0 Å². The van der Waals surface area contributed by atoms with E-state index in [1.807, 2.05) is 37.5 Å². The van der Waals surface area contributed by atoms with Crippen molar-refractivity contribution in [3.63, 3.8) is 0 Å². The Balaban J connectivity index is 1.55. The number of anilines is 1. The molecule has 1 saturated heterocycles. The number of ether oxygens (including phenoxy) is 1. The summed E-state index contributed by atoms with van der Waals surface area (Å²) in [6, 6.07) is 4.55. The van der Waals surface area contributed by atoms with Gasteiger partial charge in [-0.2, -0.15) is 5.10 Å². The van der Waals surface area contributed by atoms with Crippen LogP contribution in [0.5, 0.6) is 6.01 Å². The van der Waals surface area contributed by atoms with Gasteiger partial charge in [0.15, 0.2) is 5.82 Å². The van der Waals surface area contributed by atoms with Crippen molar-refractivity contribution in [2.24, 2.45) is 5.92 Å². The fraction of sp³-hybridized carbons (Fsp3) is 0.556. The third-order valence-electron chi connectivity index (χ3n) is 4.54. The van der Waals surface area contributed by atoms with Crippen LogP contribution in [-0.2, 0) is 13.0 Å². The third-order valence-corrected chi connectivity index (χ3v) is 4.54. The summed E-state index contributed by atoms with van der Waals surface area (Å²) in [6.45, 7) is 3.07. The summed E-state index contributed by atoms with van der Waals surface area (Å²) in [5, 5.41) is 8.66. The molecular formula is C18H26N6O. The van der Waals surface area contributed by atoms with Gasteiger partial charge in [0, 0.05) is 45.1 Å². The molecule has 0 aliphatic carbocycles. The summed E-state index contributed by atoms with van der Waals surface area (Å²) in [5.41, 5.74) is 2.20. The first-order chi connectivity index (χ1) is 12.1. The van der Waals surface area contributed by atoms with Crippen molar-refractivity contribution in [2.75, 3.05) is 39.2 Å². The zero-order chi connectivity index (χ0) is 17.6. The molecule has 0 radical (unpaired) electrons. The highest BCUT2D eigenvalue weighted by molar-refractivity contribution is 5.34. The first-order valence-corrected chi connectivity index (χ1v) is 8.71. The van der Waals surface area contributed by atoms with Gasteiger partial charge in [-0.15, -0.1) is 5.10 Å². The van der Waals surface area contributed by atoms with E-state index in [1.165, 1.54) is 12.8 Å². The van der Waals surface area contributed by atoms with E-state index in [0.717, 1.165) is 43.1 Å². The molecular weight excluding hydrogens is 316 g/mol. The minimum Gasteiger partial charge on any atom is -0.467 e. The second-order valence-electron chi connectivity index (χ2n) is 6.80. The van der Waals surface area contributed by atoms with Crippen LogP contribution >= 0.6 is 0 Å². The van der Waals surface area contributed by atoms with Gasteiger partial charge in [-0.05, 0) is 43.9 Å². The van der Waals surface area contributed by atoms with E-state index in [4.69, 9.17) is 4.74 Å². The van der Waals surface area contributed by atoms with E-state index in [-0.39, 0.29) is 0 Å².